The lowest BCUT2D eigenvalue weighted by Gasteiger charge is -2.30. The summed E-state index contributed by atoms with van der Waals surface area (Å²) in [4.78, 5) is 11.6. The van der Waals surface area contributed by atoms with E-state index < -0.39 is 0 Å². The third-order valence-corrected chi connectivity index (χ3v) is 3.80. The second kappa shape index (κ2) is 7.70. The largest absolute Gasteiger partial charge is 0.466 e. The van der Waals surface area contributed by atoms with Crippen molar-refractivity contribution in [1.29, 1.82) is 0 Å². The first-order chi connectivity index (χ1) is 8.21. The summed E-state index contributed by atoms with van der Waals surface area (Å²) in [5.74, 6) is 0.156. The minimum atomic E-state index is 0.00785. The molecular formula is C14H27NO2. The quantitative estimate of drug-likeness (QED) is 0.727. The van der Waals surface area contributed by atoms with Gasteiger partial charge in [-0.3, -0.25) is 4.79 Å². The average Bonchev–Trinajstić information content (AvgIpc) is 2.37. The SMILES string of the molecule is CCOC(=O)C1CCC(NC(CC)CC)CC1. The van der Waals surface area contributed by atoms with Crippen molar-refractivity contribution in [2.24, 2.45) is 5.92 Å². The molecule has 0 aliphatic heterocycles. The number of hydrogen-bond donors (Lipinski definition) is 1. The minimum absolute atomic E-state index is 0.00785. The van der Waals surface area contributed by atoms with Gasteiger partial charge >= 0.3 is 5.97 Å². The van der Waals surface area contributed by atoms with E-state index in [0.29, 0.717) is 18.7 Å². The van der Waals surface area contributed by atoms with Crippen molar-refractivity contribution in [2.75, 3.05) is 6.61 Å². The Kier molecular flexibility index (Phi) is 6.56. The van der Waals surface area contributed by atoms with Crippen LogP contribution in [0.3, 0.4) is 0 Å². The number of carbonyl (C=O) groups excluding carboxylic acids is 1. The highest BCUT2D eigenvalue weighted by Crippen LogP contribution is 2.26. The molecule has 0 spiro atoms. The van der Waals surface area contributed by atoms with Gasteiger partial charge < -0.3 is 10.1 Å². The maximum absolute atomic E-state index is 11.6. The molecule has 0 unspecified atom stereocenters. The summed E-state index contributed by atoms with van der Waals surface area (Å²) in [5, 5.41) is 3.69. The molecule has 1 fully saturated rings. The molecule has 0 aromatic carbocycles. The maximum atomic E-state index is 11.6. The number of esters is 1. The van der Waals surface area contributed by atoms with E-state index in [4.69, 9.17) is 4.74 Å². The summed E-state index contributed by atoms with van der Waals surface area (Å²) in [6.07, 6.45) is 6.57. The molecule has 0 bridgehead atoms. The molecule has 1 saturated carbocycles. The van der Waals surface area contributed by atoms with Gasteiger partial charge in [0.05, 0.1) is 12.5 Å². The molecule has 0 aromatic heterocycles. The van der Waals surface area contributed by atoms with Crippen molar-refractivity contribution in [1.82, 2.24) is 5.32 Å². The zero-order chi connectivity index (χ0) is 12.7. The standard InChI is InChI=1S/C14H27NO2/c1-4-12(5-2)15-13-9-7-11(8-10-13)14(16)17-6-3/h11-13,15H,4-10H2,1-3H3. The Labute approximate surface area is 105 Å². The second-order valence-electron chi connectivity index (χ2n) is 4.98. The molecule has 0 aromatic rings. The van der Waals surface area contributed by atoms with Gasteiger partial charge in [-0.05, 0) is 45.4 Å². The molecule has 0 heterocycles. The highest BCUT2D eigenvalue weighted by Gasteiger charge is 2.27. The van der Waals surface area contributed by atoms with Gasteiger partial charge in [0.1, 0.15) is 0 Å². The van der Waals surface area contributed by atoms with E-state index in [9.17, 15) is 4.79 Å². The van der Waals surface area contributed by atoms with E-state index in [1.54, 1.807) is 0 Å². The Balaban J connectivity index is 2.28. The number of rotatable bonds is 6. The monoisotopic (exact) mass is 241 g/mol. The summed E-state index contributed by atoms with van der Waals surface area (Å²) < 4.78 is 5.08. The normalized spacial score (nSPS) is 24.9. The third-order valence-electron chi connectivity index (χ3n) is 3.80. The van der Waals surface area contributed by atoms with E-state index in [-0.39, 0.29) is 11.9 Å². The van der Waals surface area contributed by atoms with Crippen LogP contribution in [0.5, 0.6) is 0 Å². The van der Waals surface area contributed by atoms with E-state index >= 15 is 0 Å². The van der Waals surface area contributed by atoms with Gasteiger partial charge in [-0.15, -0.1) is 0 Å². The lowest BCUT2D eigenvalue weighted by Crippen LogP contribution is -2.41. The summed E-state index contributed by atoms with van der Waals surface area (Å²) in [6, 6.07) is 1.24. The lowest BCUT2D eigenvalue weighted by atomic mass is 9.85. The van der Waals surface area contributed by atoms with E-state index in [1.807, 2.05) is 6.92 Å². The Morgan fingerprint density at radius 2 is 1.76 bits per heavy atom. The zero-order valence-corrected chi connectivity index (χ0v) is 11.5. The molecule has 17 heavy (non-hydrogen) atoms. The predicted octanol–water partition coefficient (Wildman–Crippen LogP) is 2.89. The Morgan fingerprint density at radius 1 is 1.18 bits per heavy atom. The van der Waals surface area contributed by atoms with Gasteiger partial charge in [-0.1, -0.05) is 13.8 Å². The molecule has 0 atom stereocenters. The first-order valence-corrected chi connectivity index (χ1v) is 7.13. The van der Waals surface area contributed by atoms with Gasteiger partial charge in [-0.25, -0.2) is 0 Å². The fourth-order valence-electron chi connectivity index (χ4n) is 2.61. The van der Waals surface area contributed by atoms with Crippen LogP contribution < -0.4 is 5.32 Å². The molecule has 100 valence electrons. The smallest absolute Gasteiger partial charge is 0.308 e. The molecular weight excluding hydrogens is 214 g/mol. The summed E-state index contributed by atoms with van der Waals surface area (Å²) in [5.41, 5.74) is 0. The molecule has 0 saturated heterocycles. The molecule has 1 rings (SSSR count). The lowest BCUT2D eigenvalue weighted by molar-refractivity contribution is -0.149. The molecule has 0 radical (unpaired) electrons. The number of hydrogen-bond acceptors (Lipinski definition) is 3. The molecule has 1 aliphatic carbocycles. The third kappa shape index (κ3) is 4.66. The summed E-state index contributed by atoms with van der Waals surface area (Å²) in [6.45, 7) is 6.83. The summed E-state index contributed by atoms with van der Waals surface area (Å²) in [7, 11) is 0. The van der Waals surface area contributed by atoms with Crippen LogP contribution in [0.1, 0.15) is 59.3 Å². The molecule has 3 nitrogen and oxygen atoms in total. The Bertz CT molecular complexity index is 218. The first kappa shape index (κ1) is 14.5. The van der Waals surface area contributed by atoms with Crippen LogP contribution in [0.15, 0.2) is 0 Å². The Hall–Kier alpha value is -0.570. The molecule has 0 amide bonds. The highest BCUT2D eigenvalue weighted by molar-refractivity contribution is 5.72. The van der Waals surface area contributed by atoms with E-state index in [2.05, 4.69) is 19.2 Å². The van der Waals surface area contributed by atoms with Crippen molar-refractivity contribution in [3.8, 4) is 0 Å². The topological polar surface area (TPSA) is 38.3 Å². The van der Waals surface area contributed by atoms with Crippen LogP contribution in [0.4, 0.5) is 0 Å². The first-order valence-electron chi connectivity index (χ1n) is 7.13. The van der Waals surface area contributed by atoms with Crippen LogP contribution in [-0.4, -0.2) is 24.7 Å². The second-order valence-corrected chi connectivity index (χ2v) is 4.98. The predicted molar refractivity (Wildman–Crippen MR) is 69.9 cm³/mol. The average molecular weight is 241 g/mol. The van der Waals surface area contributed by atoms with Gasteiger partial charge in [-0.2, -0.15) is 0 Å². The van der Waals surface area contributed by atoms with Crippen molar-refractivity contribution in [3.05, 3.63) is 0 Å². The van der Waals surface area contributed by atoms with Gasteiger partial charge in [0.2, 0.25) is 0 Å². The van der Waals surface area contributed by atoms with Crippen LogP contribution in [-0.2, 0) is 9.53 Å². The van der Waals surface area contributed by atoms with Gasteiger partial charge in [0, 0.05) is 12.1 Å². The van der Waals surface area contributed by atoms with Gasteiger partial charge in [0.25, 0.3) is 0 Å². The van der Waals surface area contributed by atoms with Crippen molar-refractivity contribution in [2.45, 2.75) is 71.4 Å². The molecule has 3 heteroatoms. The van der Waals surface area contributed by atoms with Crippen LogP contribution in [0.2, 0.25) is 0 Å². The van der Waals surface area contributed by atoms with E-state index in [0.717, 1.165) is 25.7 Å². The highest BCUT2D eigenvalue weighted by atomic mass is 16.5. The van der Waals surface area contributed by atoms with Crippen molar-refractivity contribution in [3.63, 3.8) is 0 Å². The zero-order valence-electron chi connectivity index (χ0n) is 11.5. The van der Waals surface area contributed by atoms with Crippen LogP contribution in [0, 0.1) is 5.92 Å². The number of nitrogens with one attached hydrogen (secondary N) is 1. The van der Waals surface area contributed by atoms with Crippen molar-refractivity contribution < 1.29 is 9.53 Å². The minimum Gasteiger partial charge on any atom is -0.466 e. The summed E-state index contributed by atoms with van der Waals surface area (Å²) >= 11 is 0. The van der Waals surface area contributed by atoms with Crippen LogP contribution in [0.25, 0.3) is 0 Å². The van der Waals surface area contributed by atoms with Crippen LogP contribution >= 0.6 is 0 Å². The maximum Gasteiger partial charge on any atom is 0.308 e. The molecule has 1 aliphatic rings. The fourth-order valence-corrected chi connectivity index (χ4v) is 2.61. The number of ether oxygens (including phenoxy) is 1. The number of carbonyl (C=O) groups is 1. The van der Waals surface area contributed by atoms with Crippen molar-refractivity contribution >= 4 is 5.97 Å². The van der Waals surface area contributed by atoms with E-state index in [1.165, 1.54) is 12.8 Å². The Morgan fingerprint density at radius 3 is 2.24 bits per heavy atom. The fraction of sp³-hybridized carbons (Fsp3) is 0.929. The van der Waals surface area contributed by atoms with Gasteiger partial charge in [0.15, 0.2) is 0 Å². The molecule has 1 N–H and O–H groups in total.